The van der Waals surface area contributed by atoms with Crippen LogP contribution in [0.4, 0.5) is 0 Å². The molecule has 0 spiro atoms. The van der Waals surface area contributed by atoms with Crippen molar-refractivity contribution in [1.29, 1.82) is 5.41 Å². The molecule has 0 saturated heterocycles. The number of fused-ring (bicyclic) bond motifs is 1. The van der Waals surface area contributed by atoms with Gasteiger partial charge in [0.05, 0.1) is 12.1 Å². The summed E-state index contributed by atoms with van der Waals surface area (Å²) in [5, 5.41) is 13.5. The van der Waals surface area contributed by atoms with E-state index in [0.717, 1.165) is 0 Å². The van der Waals surface area contributed by atoms with Crippen LogP contribution in [0.1, 0.15) is 22.5 Å². The van der Waals surface area contributed by atoms with Crippen LogP contribution in [-0.2, 0) is 0 Å². The molecule has 0 radical (unpaired) electrons. The van der Waals surface area contributed by atoms with Gasteiger partial charge in [0.15, 0.2) is 11.7 Å². The maximum absolute atomic E-state index is 11.3. The Bertz CT molecular complexity index is 367. The molecule has 0 saturated carbocycles. The van der Waals surface area contributed by atoms with Crippen molar-refractivity contribution in [2.75, 3.05) is 0 Å². The van der Waals surface area contributed by atoms with Crippen LogP contribution in [-0.4, -0.2) is 21.9 Å². The van der Waals surface area contributed by atoms with Crippen molar-refractivity contribution in [2.45, 2.75) is 13.3 Å². The van der Waals surface area contributed by atoms with E-state index in [0.29, 0.717) is 17.1 Å². The van der Waals surface area contributed by atoms with Crippen LogP contribution in [0.25, 0.3) is 0 Å². The second-order valence-corrected chi connectivity index (χ2v) is 2.64. The highest BCUT2D eigenvalue weighted by Crippen LogP contribution is 2.24. The third kappa shape index (κ3) is 0.827. The highest BCUT2D eigenvalue weighted by molar-refractivity contribution is 6.11. The van der Waals surface area contributed by atoms with Crippen molar-refractivity contribution in [3.63, 3.8) is 0 Å². The molecule has 2 heterocycles. The predicted octanol–water partition coefficient (Wildman–Crippen LogP) is 0.661. The van der Waals surface area contributed by atoms with Gasteiger partial charge in [-0.25, -0.2) is 5.10 Å². The molecule has 2 rings (SSSR count). The fourth-order valence-electron chi connectivity index (χ4n) is 1.21. The quantitative estimate of drug-likeness (QED) is 0.592. The van der Waals surface area contributed by atoms with Crippen LogP contribution in [0.5, 0.6) is 5.88 Å². The predicted molar refractivity (Wildman–Crippen MR) is 40.6 cm³/mol. The fourth-order valence-corrected chi connectivity index (χ4v) is 1.21. The number of nitrogens with one attached hydrogen (secondary N) is 2. The molecule has 12 heavy (non-hydrogen) atoms. The van der Waals surface area contributed by atoms with Crippen LogP contribution in [0.3, 0.4) is 0 Å². The van der Waals surface area contributed by atoms with Crippen LogP contribution < -0.4 is 4.74 Å². The third-order valence-electron chi connectivity index (χ3n) is 1.74. The van der Waals surface area contributed by atoms with Crippen LogP contribution in [0, 0.1) is 12.3 Å². The number of ketones is 1. The first kappa shape index (κ1) is 7.02. The van der Waals surface area contributed by atoms with Crippen molar-refractivity contribution >= 4 is 11.7 Å². The summed E-state index contributed by atoms with van der Waals surface area (Å²) in [5.41, 5.74) is 1.11. The van der Waals surface area contributed by atoms with Crippen molar-refractivity contribution in [1.82, 2.24) is 10.2 Å². The van der Waals surface area contributed by atoms with Gasteiger partial charge < -0.3 is 4.74 Å². The normalized spacial score (nSPS) is 15.8. The molecule has 0 aromatic carbocycles. The maximum atomic E-state index is 11.3. The molecule has 62 valence electrons. The molecule has 1 aliphatic heterocycles. The fraction of sp³-hybridized carbons (Fsp3) is 0.286. The largest absolute Gasteiger partial charge is 0.424 e. The Morgan fingerprint density at radius 1 is 1.67 bits per heavy atom. The molecule has 0 unspecified atom stereocenters. The minimum absolute atomic E-state index is 0.0313. The minimum atomic E-state index is -0.104. The number of ether oxygens (including phenoxy) is 1. The molecule has 0 bridgehead atoms. The second kappa shape index (κ2) is 2.17. The number of aromatic nitrogens is 2. The average molecular weight is 165 g/mol. The molecule has 0 amide bonds. The summed E-state index contributed by atoms with van der Waals surface area (Å²) in [6, 6.07) is 0. The lowest BCUT2D eigenvalue weighted by molar-refractivity contribution is 0.0986. The molecule has 1 aromatic heterocycles. The zero-order valence-electron chi connectivity index (χ0n) is 6.47. The number of aromatic amines is 1. The van der Waals surface area contributed by atoms with Crippen molar-refractivity contribution in [3.8, 4) is 5.88 Å². The van der Waals surface area contributed by atoms with E-state index in [2.05, 4.69) is 10.2 Å². The first-order chi connectivity index (χ1) is 5.68. The van der Waals surface area contributed by atoms with Crippen LogP contribution >= 0.6 is 0 Å². The number of Topliss-reactive ketones (excluding diaryl/α,β-unsaturated/α-hetero) is 1. The van der Waals surface area contributed by atoms with Gasteiger partial charge >= 0.3 is 0 Å². The Labute approximate surface area is 68.2 Å². The number of aryl methyl sites for hydroxylation is 1. The molecule has 1 aromatic rings. The number of carbonyl (C=O) groups excluding carboxylic acids is 1. The molecule has 2 N–H and O–H groups in total. The number of hydrogen-bond donors (Lipinski definition) is 2. The molecule has 0 aliphatic carbocycles. The number of carbonyl (C=O) groups is 1. The Balaban J connectivity index is 2.57. The summed E-state index contributed by atoms with van der Waals surface area (Å²) in [5.74, 6) is 0.164. The second-order valence-electron chi connectivity index (χ2n) is 2.64. The number of H-pyrrole nitrogens is 1. The van der Waals surface area contributed by atoms with Gasteiger partial charge in [0.25, 0.3) is 0 Å². The number of nitrogens with zero attached hydrogens (tertiary/aromatic N) is 1. The van der Waals surface area contributed by atoms with E-state index < -0.39 is 0 Å². The maximum Gasteiger partial charge on any atom is 0.228 e. The standard InChI is InChI=1S/C7H7N3O2/c1-3-6-4(11)2-5(8)12-7(6)10-9-3/h8H,2H2,1H3,(H,9,10). The van der Waals surface area contributed by atoms with Gasteiger partial charge in [-0.3, -0.25) is 10.2 Å². The summed E-state index contributed by atoms with van der Waals surface area (Å²) >= 11 is 0. The van der Waals surface area contributed by atoms with Crippen molar-refractivity contribution in [3.05, 3.63) is 11.3 Å². The molecule has 0 atom stereocenters. The van der Waals surface area contributed by atoms with Gasteiger partial charge in [0.1, 0.15) is 5.56 Å². The number of rotatable bonds is 0. The van der Waals surface area contributed by atoms with Crippen LogP contribution in [0.2, 0.25) is 0 Å². The van der Waals surface area contributed by atoms with E-state index in [1.807, 2.05) is 0 Å². The average Bonchev–Trinajstić information content (AvgIpc) is 2.31. The Hall–Kier alpha value is -1.65. The van der Waals surface area contributed by atoms with Gasteiger partial charge in [-0.1, -0.05) is 0 Å². The molecular weight excluding hydrogens is 158 g/mol. The SMILES string of the molecule is Cc1n[nH]c2c1C(=O)CC(=N)O2. The first-order valence-electron chi connectivity index (χ1n) is 3.52. The van der Waals surface area contributed by atoms with E-state index in [4.69, 9.17) is 10.1 Å². The zero-order chi connectivity index (χ0) is 8.72. The Morgan fingerprint density at radius 3 is 3.17 bits per heavy atom. The summed E-state index contributed by atoms with van der Waals surface area (Å²) in [4.78, 5) is 11.3. The summed E-state index contributed by atoms with van der Waals surface area (Å²) in [6.45, 7) is 1.73. The van der Waals surface area contributed by atoms with Gasteiger partial charge in [-0.15, -0.1) is 0 Å². The summed E-state index contributed by atoms with van der Waals surface area (Å²) < 4.78 is 4.97. The highest BCUT2D eigenvalue weighted by Gasteiger charge is 2.26. The van der Waals surface area contributed by atoms with Gasteiger partial charge in [0.2, 0.25) is 5.88 Å². The van der Waals surface area contributed by atoms with Crippen molar-refractivity contribution in [2.24, 2.45) is 0 Å². The van der Waals surface area contributed by atoms with E-state index >= 15 is 0 Å². The molecule has 0 fully saturated rings. The summed E-state index contributed by atoms with van der Waals surface area (Å²) in [7, 11) is 0. The lowest BCUT2D eigenvalue weighted by Crippen LogP contribution is -2.20. The van der Waals surface area contributed by atoms with Crippen molar-refractivity contribution < 1.29 is 9.53 Å². The van der Waals surface area contributed by atoms with E-state index in [-0.39, 0.29) is 18.1 Å². The van der Waals surface area contributed by atoms with Gasteiger partial charge in [0, 0.05) is 0 Å². The highest BCUT2D eigenvalue weighted by atomic mass is 16.5. The molecule has 5 heteroatoms. The van der Waals surface area contributed by atoms with E-state index in [1.165, 1.54) is 0 Å². The third-order valence-corrected chi connectivity index (χ3v) is 1.74. The molecule has 1 aliphatic rings. The minimum Gasteiger partial charge on any atom is -0.424 e. The van der Waals surface area contributed by atoms with Gasteiger partial charge in [-0.05, 0) is 6.92 Å². The molecular formula is C7H7N3O2. The Morgan fingerprint density at radius 2 is 2.42 bits per heavy atom. The van der Waals surface area contributed by atoms with E-state index in [9.17, 15) is 4.79 Å². The smallest absolute Gasteiger partial charge is 0.228 e. The Kier molecular flexibility index (Phi) is 1.27. The zero-order valence-corrected chi connectivity index (χ0v) is 6.47. The van der Waals surface area contributed by atoms with E-state index in [1.54, 1.807) is 6.92 Å². The van der Waals surface area contributed by atoms with Crippen LogP contribution in [0.15, 0.2) is 0 Å². The first-order valence-corrected chi connectivity index (χ1v) is 3.52. The summed E-state index contributed by atoms with van der Waals surface area (Å²) in [6.07, 6.45) is 0.0351. The van der Waals surface area contributed by atoms with Gasteiger partial charge in [-0.2, -0.15) is 5.10 Å². The molecule has 5 nitrogen and oxygen atoms in total. The monoisotopic (exact) mass is 165 g/mol. The topological polar surface area (TPSA) is 78.8 Å². The lowest BCUT2D eigenvalue weighted by Gasteiger charge is -2.11. The lowest BCUT2D eigenvalue weighted by atomic mass is 10.1. The number of hydrogen-bond acceptors (Lipinski definition) is 4.